The van der Waals surface area contributed by atoms with Gasteiger partial charge in [-0.25, -0.2) is 0 Å². The SMILES string of the molecule is O=c1[nH]c(=S)[nH]c2sc3c(c12)CCSC3. The van der Waals surface area contributed by atoms with Crippen LogP contribution in [0.3, 0.4) is 0 Å². The highest BCUT2D eigenvalue weighted by atomic mass is 32.2. The van der Waals surface area contributed by atoms with E-state index in [1.807, 2.05) is 11.8 Å². The van der Waals surface area contributed by atoms with E-state index < -0.39 is 0 Å². The van der Waals surface area contributed by atoms with Crippen LogP contribution in [0.5, 0.6) is 0 Å². The van der Waals surface area contributed by atoms with Crippen molar-refractivity contribution >= 4 is 45.5 Å². The lowest BCUT2D eigenvalue weighted by Gasteiger charge is -2.09. The molecule has 0 unspecified atom stereocenters. The first kappa shape index (κ1) is 9.62. The minimum Gasteiger partial charge on any atom is -0.323 e. The number of H-pyrrole nitrogens is 2. The Morgan fingerprint density at radius 2 is 2.20 bits per heavy atom. The molecule has 2 N–H and O–H groups in total. The van der Waals surface area contributed by atoms with Crippen molar-refractivity contribution in [2.75, 3.05) is 5.75 Å². The Hall–Kier alpha value is -0.590. The molecule has 0 atom stereocenters. The summed E-state index contributed by atoms with van der Waals surface area (Å²) >= 11 is 8.54. The summed E-state index contributed by atoms with van der Waals surface area (Å²) in [6.45, 7) is 0. The first-order valence-corrected chi connectivity index (χ1v) is 6.98. The Morgan fingerprint density at radius 3 is 3.07 bits per heavy atom. The molecule has 78 valence electrons. The maximum absolute atomic E-state index is 11.8. The molecule has 15 heavy (non-hydrogen) atoms. The smallest absolute Gasteiger partial charge is 0.260 e. The minimum atomic E-state index is -0.0434. The fourth-order valence-electron chi connectivity index (χ4n) is 1.86. The highest BCUT2D eigenvalue weighted by molar-refractivity contribution is 7.98. The lowest BCUT2D eigenvalue weighted by Crippen LogP contribution is -2.09. The second-order valence-electron chi connectivity index (χ2n) is 3.42. The van der Waals surface area contributed by atoms with Gasteiger partial charge in [-0.05, 0) is 30.0 Å². The number of fused-ring (bicyclic) bond motifs is 3. The topological polar surface area (TPSA) is 48.6 Å². The van der Waals surface area contributed by atoms with Crippen LogP contribution in [0, 0.1) is 4.77 Å². The van der Waals surface area contributed by atoms with Crippen LogP contribution < -0.4 is 5.56 Å². The lowest BCUT2D eigenvalue weighted by molar-refractivity contribution is 1.10. The van der Waals surface area contributed by atoms with E-state index in [1.54, 1.807) is 11.3 Å². The maximum atomic E-state index is 11.8. The molecule has 0 saturated heterocycles. The molecule has 0 radical (unpaired) electrons. The number of thiophene rings is 1. The second-order valence-corrected chi connectivity index (χ2v) is 6.04. The van der Waals surface area contributed by atoms with Gasteiger partial charge in [0.15, 0.2) is 4.77 Å². The molecule has 1 aliphatic heterocycles. The highest BCUT2D eigenvalue weighted by Crippen LogP contribution is 2.34. The summed E-state index contributed by atoms with van der Waals surface area (Å²) in [5.74, 6) is 2.13. The molecule has 1 aliphatic rings. The van der Waals surface area contributed by atoms with Gasteiger partial charge in [0, 0.05) is 10.6 Å². The fourth-order valence-corrected chi connectivity index (χ4v) is 4.50. The van der Waals surface area contributed by atoms with Gasteiger partial charge in [0.2, 0.25) is 0 Å². The number of aromatic amines is 2. The average Bonchev–Trinajstić information content (AvgIpc) is 2.54. The Balaban J connectivity index is 2.47. The zero-order valence-electron chi connectivity index (χ0n) is 7.75. The Kier molecular flexibility index (Phi) is 2.22. The molecule has 3 nitrogen and oxygen atoms in total. The van der Waals surface area contributed by atoms with E-state index in [0.717, 1.165) is 28.1 Å². The van der Waals surface area contributed by atoms with E-state index in [0.29, 0.717) is 4.77 Å². The molecule has 0 saturated carbocycles. The first-order chi connectivity index (χ1) is 7.25. The maximum Gasteiger partial charge on any atom is 0.260 e. The second kappa shape index (κ2) is 3.47. The zero-order chi connectivity index (χ0) is 10.4. The Morgan fingerprint density at radius 1 is 1.33 bits per heavy atom. The largest absolute Gasteiger partial charge is 0.323 e. The van der Waals surface area contributed by atoms with Crippen LogP contribution in [0.4, 0.5) is 0 Å². The zero-order valence-corrected chi connectivity index (χ0v) is 10.2. The van der Waals surface area contributed by atoms with E-state index in [-0.39, 0.29) is 5.56 Å². The molecule has 0 fully saturated rings. The predicted molar refractivity (Wildman–Crippen MR) is 67.5 cm³/mol. The van der Waals surface area contributed by atoms with Crippen molar-refractivity contribution in [1.82, 2.24) is 9.97 Å². The Bertz CT molecular complexity index is 637. The number of nitrogens with one attached hydrogen (secondary N) is 2. The fraction of sp³-hybridized carbons (Fsp3) is 0.333. The first-order valence-electron chi connectivity index (χ1n) is 4.60. The number of aryl methyl sites for hydroxylation is 1. The third-order valence-electron chi connectivity index (χ3n) is 2.50. The van der Waals surface area contributed by atoms with E-state index in [1.165, 1.54) is 10.4 Å². The van der Waals surface area contributed by atoms with Gasteiger partial charge in [0.05, 0.1) is 5.39 Å². The van der Waals surface area contributed by atoms with Crippen molar-refractivity contribution in [2.24, 2.45) is 0 Å². The standard InChI is InChI=1S/C9H8N2OS3/c12-7-6-4-1-2-14-3-5(4)15-8(6)11-9(13)10-7/h1-3H2,(H2,10,11,12,13). The van der Waals surface area contributed by atoms with Gasteiger partial charge >= 0.3 is 0 Å². The van der Waals surface area contributed by atoms with Crippen LogP contribution in [-0.4, -0.2) is 15.7 Å². The average molecular weight is 256 g/mol. The summed E-state index contributed by atoms with van der Waals surface area (Å²) < 4.78 is 0.416. The summed E-state index contributed by atoms with van der Waals surface area (Å²) in [7, 11) is 0. The minimum absolute atomic E-state index is 0.0434. The van der Waals surface area contributed by atoms with Gasteiger partial charge in [-0.15, -0.1) is 11.3 Å². The number of rotatable bonds is 0. The van der Waals surface area contributed by atoms with E-state index >= 15 is 0 Å². The lowest BCUT2D eigenvalue weighted by atomic mass is 10.1. The van der Waals surface area contributed by atoms with Crippen molar-refractivity contribution in [3.8, 4) is 0 Å². The van der Waals surface area contributed by atoms with Crippen molar-refractivity contribution < 1.29 is 0 Å². The third-order valence-corrected chi connectivity index (χ3v) is 5.02. The Labute approximate surface area is 98.9 Å². The van der Waals surface area contributed by atoms with Gasteiger partial charge in [-0.1, -0.05) is 0 Å². The van der Waals surface area contributed by atoms with Crippen molar-refractivity contribution in [1.29, 1.82) is 0 Å². The summed E-state index contributed by atoms with van der Waals surface area (Å²) in [6, 6.07) is 0. The molecule has 0 bridgehead atoms. The van der Waals surface area contributed by atoms with Crippen LogP contribution in [0.2, 0.25) is 0 Å². The van der Waals surface area contributed by atoms with Crippen molar-refractivity contribution in [3.63, 3.8) is 0 Å². The van der Waals surface area contributed by atoms with Crippen LogP contribution in [0.15, 0.2) is 4.79 Å². The van der Waals surface area contributed by atoms with Crippen LogP contribution in [0.1, 0.15) is 10.4 Å². The molecule has 0 aliphatic carbocycles. The van der Waals surface area contributed by atoms with Gasteiger partial charge in [0.25, 0.3) is 5.56 Å². The van der Waals surface area contributed by atoms with E-state index in [9.17, 15) is 4.79 Å². The van der Waals surface area contributed by atoms with Crippen LogP contribution >= 0.6 is 35.3 Å². The van der Waals surface area contributed by atoms with Crippen LogP contribution in [-0.2, 0) is 12.2 Å². The summed E-state index contributed by atoms with van der Waals surface area (Å²) in [5.41, 5.74) is 1.18. The monoisotopic (exact) mass is 256 g/mol. The van der Waals surface area contributed by atoms with E-state index in [4.69, 9.17) is 12.2 Å². The van der Waals surface area contributed by atoms with E-state index in [2.05, 4.69) is 9.97 Å². The van der Waals surface area contributed by atoms with Gasteiger partial charge in [-0.3, -0.25) is 9.78 Å². The van der Waals surface area contributed by atoms with Gasteiger partial charge < -0.3 is 4.98 Å². The predicted octanol–water partition coefficient (Wildman–Crippen LogP) is 2.44. The van der Waals surface area contributed by atoms with Gasteiger partial charge in [-0.2, -0.15) is 11.8 Å². The highest BCUT2D eigenvalue weighted by Gasteiger charge is 2.18. The number of hydrogen-bond donors (Lipinski definition) is 2. The summed E-state index contributed by atoms with van der Waals surface area (Å²) in [6.07, 6.45) is 0.994. The molecular formula is C9H8N2OS3. The van der Waals surface area contributed by atoms with Gasteiger partial charge in [0.1, 0.15) is 4.83 Å². The molecule has 0 spiro atoms. The van der Waals surface area contributed by atoms with Crippen LogP contribution in [0.25, 0.3) is 10.2 Å². The summed E-state index contributed by atoms with van der Waals surface area (Å²) in [5, 5.41) is 0.823. The molecule has 0 amide bonds. The number of thioether (sulfide) groups is 1. The molecule has 0 aromatic carbocycles. The van der Waals surface area contributed by atoms with Crippen molar-refractivity contribution in [2.45, 2.75) is 12.2 Å². The van der Waals surface area contributed by atoms with Crippen molar-refractivity contribution in [3.05, 3.63) is 25.6 Å². The molecule has 2 aromatic rings. The molecule has 6 heteroatoms. The summed E-state index contributed by atoms with van der Waals surface area (Å²) in [4.78, 5) is 19.7. The molecule has 3 rings (SSSR count). The molecule has 2 aromatic heterocycles. The number of hydrogen-bond acceptors (Lipinski definition) is 4. The normalized spacial score (nSPS) is 15.5. The third kappa shape index (κ3) is 1.47. The number of aromatic nitrogens is 2. The molecule has 3 heterocycles. The quantitative estimate of drug-likeness (QED) is 0.712. The molecular weight excluding hydrogens is 248 g/mol.